The van der Waals surface area contributed by atoms with Gasteiger partial charge in [-0.2, -0.15) is 0 Å². The number of sulfone groups is 1. The van der Waals surface area contributed by atoms with Crippen molar-refractivity contribution in [3.63, 3.8) is 0 Å². The predicted molar refractivity (Wildman–Crippen MR) is 76.7 cm³/mol. The minimum atomic E-state index is -4.13. The van der Waals surface area contributed by atoms with Gasteiger partial charge in [-0.1, -0.05) is 17.7 Å². The molecule has 0 aliphatic heterocycles. The van der Waals surface area contributed by atoms with Crippen LogP contribution in [0.1, 0.15) is 0 Å². The second-order valence-corrected chi connectivity index (χ2v) is 6.40. The maximum absolute atomic E-state index is 12.4. The zero-order valence-electron chi connectivity index (χ0n) is 10.7. The van der Waals surface area contributed by atoms with Crippen LogP contribution in [0, 0.1) is 20.2 Å². The fourth-order valence-corrected chi connectivity index (χ4v) is 3.57. The topological polar surface area (TPSA) is 120 Å². The molecule has 0 aliphatic carbocycles. The maximum atomic E-state index is 12.4. The Kier molecular flexibility index (Phi) is 4.11. The van der Waals surface area contributed by atoms with E-state index in [-0.39, 0.29) is 10.6 Å². The van der Waals surface area contributed by atoms with Crippen molar-refractivity contribution in [2.75, 3.05) is 0 Å². The lowest BCUT2D eigenvalue weighted by Gasteiger charge is -2.06. The van der Waals surface area contributed by atoms with Crippen LogP contribution in [0.3, 0.4) is 0 Å². The Hall–Kier alpha value is -2.52. The van der Waals surface area contributed by atoms with Crippen LogP contribution < -0.4 is 0 Å². The fourth-order valence-electron chi connectivity index (χ4n) is 1.72. The SMILES string of the molecule is O=[N+]([O-])c1ccc(S(=O)(=O)c2cccc([N+](=O)[O-])c2Cl)cc1. The molecule has 0 atom stereocenters. The van der Waals surface area contributed by atoms with E-state index in [1.807, 2.05) is 0 Å². The number of nitro benzene ring substituents is 2. The van der Waals surface area contributed by atoms with Gasteiger partial charge in [-0.05, 0) is 18.2 Å². The van der Waals surface area contributed by atoms with Crippen molar-refractivity contribution in [2.24, 2.45) is 0 Å². The largest absolute Gasteiger partial charge is 0.289 e. The molecule has 0 aromatic heterocycles. The number of nitro groups is 2. The van der Waals surface area contributed by atoms with E-state index in [0.29, 0.717) is 0 Å². The molecule has 0 radical (unpaired) electrons. The normalized spacial score (nSPS) is 11.1. The van der Waals surface area contributed by atoms with Crippen molar-refractivity contribution in [1.29, 1.82) is 0 Å². The molecule has 10 heteroatoms. The molecule has 0 spiro atoms. The molecule has 0 bridgehead atoms. The maximum Gasteiger partial charge on any atom is 0.289 e. The lowest BCUT2D eigenvalue weighted by Crippen LogP contribution is -2.04. The van der Waals surface area contributed by atoms with E-state index in [1.165, 1.54) is 6.07 Å². The first kappa shape index (κ1) is 15.9. The quantitative estimate of drug-likeness (QED) is 0.622. The fraction of sp³-hybridized carbons (Fsp3) is 0. The molecule has 2 aromatic rings. The summed E-state index contributed by atoms with van der Waals surface area (Å²) in [7, 11) is -4.13. The third-order valence-electron chi connectivity index (χ3n) is 2.79. The van der Waals surface area contributed by atoms with E-state index < -0.39 is 35.3 Å². The minimum absolute atomic E-state index is 0.250. The van der Waals surface area contributed by atoms with Crippen LogP contribution in [-0.4, -0.2) is 18.3 Å². The highest BCUT2D eigenvalue weighted by Gasteiger charge is 2.26. The Labute approximate surface area is 129 Å². The van der Waals surface area contributed by atoms with Crippen molar-refractivity contribution in [3.8, 4) is 0 Å². The van der Waals surface area contributed by atoms with E-state index in [1.54, 1.807) is 0 Å². The molecule has 0 fully saturated rings. The first-order valence-electron chi connectivity index (χ1n) is 5.67. The monoisotopic (exact) mass is 342 g/mol. The van der Waals surface area contributed by atoms with Gasteiger partial charge < -0.3 is 0 Å². The first-order chi connectivity index (χ1) is 10.2. The zero-order valence-corrected chi connectivity index (χ0v) is 12.2. The Balaban J connectivity index is 2.58. The van der Waals surface area contributed by atoms with Crippen molar-refractivity contribution < 1.29 is 18.3 Å². The molecule has 114 valence electrons. The average Bonchev–Trinajstić information content (AvgIpc) is 2.47. The lowest BCUT2D eigenvalue weighted by atomic mass is 10.3. The highest BCUT2D eigenvalue weighted by atomic mass is 35.5. The Morgan fingerprint density at radius 3 is 2.00 bits per heavy atom. The Bertz CT molecular complexity index is 864. The van der Waals surface area contributed by atoms with Crippen molar-refractivity contribution in [2.45, 2.75) is 9.79 Å². The highest BCUT2D eigenvalue weighted by Crippen LogP contribution is 2.34. The van der Waals surface area contributed by atoms with E-state index >= 15 is 0 Å². The summed E-state index contributed by atoms with van der Waals surface area (Å²) < 4.78 is 24.9. The van der Waals surface area contributed by atoms with Crippen LogP contribution in [0.25, 0.3) is 0 Å². The summed E-state index contributed by atoms with van der Waals surface area (Å²) in [5, 5.41) is 20.9. The van der Waals surface area contributed by atoms with Gasteiger partial charge in [0.25, 0.3) is 11.4 Å². The first-order valence-corrected chi connectivity index (χ1v) is 7.53. The van der Waals surface area contributed by atoms with Crippen LogP contribution in [0.4, 0.5) is 11.4 Å². The summed E-state index contributed by atoms with van der Waals surface area (Å²) in [6.45, 7) is 0. The van der Waals surface area contributed by atoms with Gasteiger partial charge in [0.15, 0.2) is 0 Å². The van der Waals surface area contributed by atoms with E-state index in [4.69, 9.17) is 11.6 Å². The van der Waals surface area contributed by atoms with Gasteiger partial charge in [0.1, 0.15) is 5.02 Å². The number of non-ortho nitro benzene ring substituents is 1. The van der Waals surface area contributed by atoms with E-state index in [0.717, 1.165) is 36.4 Å². The third-order valence-corrected chi connectivity index (χ3v) is 5.11. The van der Waals surface area contributed by atoms with E-state index in [9.17, 15) is 28.6 Å². The van der Waals surface area contributed by atoms with Crippen LogP contribution in [0.15, 0.2) is 52.3 Å². The Morgan fingerprint density at radius 2 is 1.50 bits per heavy atom. The molecule has 0 saturated carbocycles. The molecule has 0 amide bonds. The summed E-state index contributed by atoms with van der Waals surface area (Å²) in [5.41, 5.74) is -0.811. The standard InChI is InChI=1S/C12H7ClN2O6S/c13-12-10(15(18)19)2-1-3-11(12)22(20,21)9-6-4-8(5-7-9)14(16)17/h1-7H. The second-order valence-electron chi connectivity index (χ2n) is 4.10. The molecule has 0 aliphatic rings. The van der Waals surface area contributed by atoms with Crippen LogP contribution in [0.2, 0.25) is 5.02 Å². The molecular formula is C12H7ClN2O6S. The van der Waals surface area contributed by atoms with Crippen molar-refractivity contribution in [1.82, 2.24) is 0 Å². The third kappa shape index (κ3) is 2.76. The molecular weight excluding hydrogens is 336 g/mol. The van der Waals surface area contributed by atoms with Crippen molar-refractivity contribution in [3.05, 3.63) is 67.7 Å². The van der Waals surface area contributed by atoms with Gasteiger partial charge in [-0.15, -0.1) is 0 Å². The Morgan fingerprint density at radius 1 is 0.909 bits per heavy atom. The lowest BCUT2D eigenvalue weighted by molar-refractivity contribution is -0.385. The van der Waals surface area contributed by atoms with Crippen molar-refractivity contribution >= 4 is 32.8 Å². The smallest absolute Gasteiger partial charge is 0.258 e. The predicted octanol–water partition coefficient (Wildman–Crippen LogP) is 2.99. The van der Waals surface area contributed by atoms with Gasteiger partial charge in [0, 0.05) is 18.2 Å². The molecule has 2 rings (SSSR count). The summed E-state index contributed by atoms with van der Waals surface area (Å²) in [6.07, 6.45) is 0. The van der Waals surface area contributed by atoms with Crippen LogP contribution in [0.5, 0.6) is 0 Å². The van der Waals surface area contributed by atoms with Gasteiger partial charge in [-0.3, -0.25) is 20.2 Å². The molecule has 8 nitrogen and oxygen atoms in total. The van der Waals surface area contributed by atoms with Gasteiger partial charge >= 0.3 is 0 Å². The molecule has 2 aromatic carbocycles. The molecule has 0 heterocycles. The zero-order chi connectivity index (χ0) is 16.5. The number of halogens is 1. The van der Waals surface area contributed by atoms with Crippen LogP contribution in [-0.2, 0) is 9.84 Å². The number of rotatable bonds is 4. The summed E-state index contributed by atoms with van der Waals surface area (Å²) in [5.74, 6) is 0. The number of hydrogen-bond donors (Lipinski definition) is 0. The minimum Gasteiger partial charge on any atom is -0.258 e. The summed E-state index contributed by atoms with van der Waals surface area (Å²) in [6, 6.07) is 7.55. The highest BCUT2D eigenvalue weighted by molar-refractivity contribution is 7.91. The second kappa shape index (κ2) is 5.70. The number of benzene rings is 2. The van der Waals surface area contributed by atoms with E-state index in [2.05, 4.69) is 0 Å². The molecule has 0 saturated heterocycles. The number of hydrogen-bond acceptors (Lipinski definition) is 6. The molecule has 22 heavy (non-hydrogen) atoms. The van der Waals surface area contributed by atoms with Gasteiger partial charge in [0.05, 0.1) is 19.6 Å². The number of nitrogens with zero attached hydrogens (tertiary/aromatic N) is 2. The molecule has 0 N–H and O–H groups in total. The van der Waals surface area contributed by atoms with Gasteiger partial charge in [-0.25, -0.2) is 8.42 Å². The average molecular weight is 343 g/mol. The van der Waals surface area contributed by atoms with Gasteiger partial charge in [0.2, 0.25) is 9.84 Å². The molecule has 0 unspecified atom stereocenters. The van der Waals surface area contributed by atoms with Crippen LogP contribution >= 0.6 is 11.6 Å². The summed E-state index contributed by atoms with van der Waals surface area (Å²) >= 11 is 5.79. The summed E-state index contributed by atoms with van der Waals surface area (Å²) in [4.78, 5) is 19.2.